The molecule has 1 aliphatic rings. The first kappa shape index (κ1) is 22.5. The number of carbonyl (C=O) groups excluding carboxylic acids is 1. The third-order valence-electron chi connectivity index (χ3n) is 4.53. The average Bonchev–Trinajstić information content (AvgIpc) is 3.13. The summed E-state index contributed by atoms with van der Waals surface area (Å²) in [6.07, 6.45) is 1.80. The molecule has 0 radical (unpaired) electrons. The van der Waals surface area contributed by atoms with Gasteiger partial charge >= 0.3 is 0 Å². The fourth-order valence-corrected chi connectivity index (χ4v) is 4.23. The Labute approximate surface area is 203 Å². The molecule has 0 unspecified atom stereocenters. The summed E-state index contributed by atoms with van der Waals surface area (Å²) in [6, 6.07) is 20.6. The lowest BCUT2D eigenvalue weighted by atomic mass is 10.2. The van der Waals surface area contributed by atoms with Gasteiger partial charge in [0.2, 0.25) is 0 Å². The fraction of sp³-hybridized carbons (Fsp3) is 0.0833. The number of ether oxygens (including phenoxy) is 2. The van der Waals surface area contributed by atoms with Crippen LogP contribution in [0.4, 0.5) is 5.69 Å². The summed E-state index contributed by atoms with van der Waals surface area (Å²) >= 11 is 10.9. The highest BCUT2D eigenvalue weighted by molar-refractivity contribution is 9.10. The lowest BCUT2D eigenvalue weighted by Crippen LogP contribution is -2.19. The number of aliphatic imine (C=N–C) groups is 1. The molecule has 0 spiro atoms. The Kier molecular flexibility index (Phi) is 7.19. The molecule has 8 heteroatoms. The minimum Gasteiger partial charge on any atom is -0.493 e. The molecule has 4 rings (SSSR count). The van der Waals surface area contributed by atoms with Gasteiger partial charge in [0.15, 0.2) is 16.7 Å². The first-order valence-electron chi connectivity index (χ1n) is 9.61. The van der Waals surface area contributed by atoms with Crippen LogP contribution in [0.2, 0.25) is 5.02 Å². The predicted octanol–water partition coefficient (Wildman–Crippen LogP) is 6.58. The maximum absolute atomic E-state index is 12.4. The van der Waals surface area contributed by atoms with Gasteiger partial charge in [-0.15, -0.1) is 0 Å². The first-order valence-corrected chi connectivity index (χ1v) is 11.6. The van der Waals surface area contributed by atoms with Gasteiger partial charge in [-0.25, -0.2) is 4.99 Å². The maximum atomic E-state index is 12.4. The molecule has 0 aliphatic carbocycles. The van der Waals surface area contributed by atoms with E-state index in [9.17, 15) is 4.79 Å². The Morgan fingerprint density at radius 2 is 1.88 bits per heavy atom. The standard InChI is InChI=1S/C24H18BrClN2O3S/c1-30-21-12-15(6-11-20(21)31-14-16-4-2-3-5-19(16)26)13-22-23(29)28-24(32-22)27-18-9-7-17(25)8-10-18/h2-13H,14H2,1H3,(H,27,28,29)/b22-13-. The van der Waals surface area contributed by atoms with Crippen LogP contribution in [-0.4, -0.2) is 18.2 Å². The number of carbonyl (C=O) groups is 1. The number of methoxy groups -OCH3 is 1. The zero-order chi connectivity index (χ0) is 22.5. The highest BCUT2D eigenvalue weighted by Gasteiger charge is 2.24. The second-order valence-corrected chi connectivity index (χ2v) is 9.10. The van der Waals surface area contributed by atoms with Crippen LogP contribution in [0.25, 0.3) is 6.08 Å². The van der Waals surface area contributed by atoms with Crippen LogP contribution in [0.1, 0.15) is 11.1 Å². The van der Waals surface area contributed by atoms with E-state index in [-0.39, 0.29) is 5.91 Å². The maximum Gasteiger partial charge on any atom is 0.264 e. The predicted molar refractivity (Wildman–Crippen MR) is 134 cm³/mol. The van der Waals surface area contributed by atoms with E-state index in [1.54, 1.807) is 13.2 Å². The third-order valence-corrected chi connectivity index (χ3v) is 6.34. The second kappa shape index (κ2) is 10.3. The van der Waals surface area contributed by atoms with Crippen LogP contribution in [0, 0.1) is 0 Å². The summed E-state index contributed by atoms with van der Waals surface area (Å²) < 4.78 is 12.4. The Morgan fingerprint density at radius 3 is 2.62 bits per heavy atom. The molecule has 1 aliphatic heterocycles. The van der Waals surface area contributed by atoms with Crippen LogP contribution < -0.4 is 14.8 Å². The molecule has 1 amide bonds. The molecule has 0 atom stereocenters. The van der Waals surface area contributed by atoms with Crippen LogP contribution >= 0.6 is 39.3 Å². The van der Waals surface area contributed by atoms with Gasteiger partial charge in [-0.1, -0.05) is 51.8 Å². The van der Waals surface area contributed by atoms with E-state index < -0.39 is 0 Å². The van der Waals surface area contributed by atoms with Gasteiger partial charge in [0.25, 0.3) is 5.91 Å². The van der Waals surface area contributed by atoms with Crippen molar-refractivity contribution in [2.45, 2.75) is 6.61 Å². The van der Waals surface area contributed by atoms with Gasteiger partial charge in [-0.2, -0.15) is 0 Å². The molecule has 3 aromatic carbocycles. The number of hydrogen-bond donors (Lipinski definition) is 1. The van der Waals surface area contributed by atoms with Gasteiger partial charge in [0.05, 0.1) is 17.7 Å². The number of nitrogens with one attached hydrogen (secondary N) is 1. The molecular weight excluding hydrogens is 512 g/mol. The van der Waals surface area contributed by atoms with Crippen LogP contribution in [0.15, 0.2) is 81.1 Å². The monoisotopic (exact) mass is 528 g/mol. The number of nitrogens with zero attached hydrogens (tertiary/aromatic N) is 1. The summed E-state index contributed by atoms with van der Waals surface area (Å²) in [5.74, 6) is 0.970. The van der Waals surface area contributed by atoms with Crippen molar-refractivity contribution in [3.8, 4) is 11.5 Å². The number of benzene rings is 3. The summed E-state index contributed by atoms with van der Waals surface area (Å²) in [5, 5.41) is 3.98. The molecule has 1 N–H and O–H groups in total. The summed E-state index contributed by atoms with van der Waals surface area (Å²) in [5.41, 5.74) is 2.47. The average molecular weight is 530 g/mol. The Balaban J connectivity index is 1.49. The number of halogens is 2. The molecule has 0 aromatic heterocycles. The first-order chi connectivity index (χ1) is 15.5. The molecule has 1 fully saturated rings. The van der Waals surface area contributed by atoms with E-state index in [0.29, 0.717) is 33.2 Å². The van der Waals surface area contributed by atoms with Gasteiger partial charge in [0.1, 0.15) is 6.61 Å². The molecule has 1 heterocycles. The van der Waals surface area contributed by atoms with Crippen molar-refractivity contribution in [3.05, 3.63) is 92.3 Å². The number of amides is 1. The number of thioether (sulfide) groups is 1. The van der Waals surface area contributed by atoms with Crippen molar-refractivity contribution < 1.29 is 14.3 Å². The summed E-state index contributed by atoms with van der Waals surface area (Å²) in [4.78, 5) is 17.4. The summed E-state index contributed by atoms with van der Waals surface area (Å²) in [6.45, 7) is 0.324. The van der Waals surface area contributed by atoms with Gasteiger partial charge in [-0.05, 0) is 65.9 Å². The molecule has 32 heavy (non-hydrogen) atoms. The molecule has 1 saturated heterocycles. The second-order valence-electron chi connectivity index (χ2n) is 6.75. The van der Waals surface area contributed by atoms with E-state index >= 15 is 0 Å². The molecule has 162 valence electrons. The minimum absolute atomic E-state index is 0.191. The minimum atomic E-state index is -0.191. The van der Waals surface area contributed by atoms with E-state index in [4.69, 9.17) is 21.1 Å². The Morgan fingerprint density at radius 1 is 1.09 bits per heavy atom. The van der Waals surface area contributed by atoms with Gasteiger partial charge in [-0.3, -0.25) is 4.79 Å². The van der Waals surface area contributed by atoms with Crippen molar-refractivity contribution >= 4 is 62.1 Å². The van der Waals surface area contributed by atoms with E-state index in [1.165, 1.54) is 11.8 Å². The zero-order valence-corrected chi connectivity index (χ0v) is 20.1. The molecular formula is C24H18BrClN2O3S. The fourth-order valence-electron chi connectivity index (χ4n) is 2.93. The van der Waals surface area contributed by atoms with Crippen LogP contribution in [-0.2, 0) is 11.4 Å². The van der Waals surface area contributed by atoms with E-state index in [2.05, 4.69) is 26.2 Å². The SMILES string of the molecule is COc1cc(/C=C2\SC(=Nc3ccc(Br)cc3)NC2=O)ccc1OCc1ccccc1Cl. The third kappa shape index (κ3) is 5.54. The molecule has 0 saturated carbocycles. The zero-order valence-electron chi connectivity index (χ0n) is 17.0. The highest BCUT2D eigenvalue weighted by atomic mass is 79.9. The number of rotatable bonds is 6. The largest absolute Gasteiger partial charge is 0.493 e. The van der Waals surface area contributed by atoms with Gasteiger partial charge in [0, 0.05) is 15.1 Å². The number of hydrogen-bond acceptors (Lipinski definition) is 5. The lowest BCUT2D eigenvalue weighted by Gasteiger charge is -2.12. The molecule has 5 nitrogen and oxygen atoms in total. The van der Waals surface area contributed by atoms with Crippen molar-refractivity contribution in [2.24, 2.45) is 4.99 Å². The van der Waals surface area contributed by atoms with E-state index in [1.807, 2.05) is 66.7 Å². The lowest BCUT2D eigenvalue weighted by molar-refractivity contribution is -0.115. The number of amidine groups is 1. The smallest absolute Gasteiger partial charge is 0.264 e. The van der Waals surface area contributed by atoms with Crippen molar-refractivity contribution in [3.63, 3.8) is 0 Å². The Hall–Kier alpha value is -2.74. The quantitative estimate of drug-likeness (QED) is 0.366. The normalized spacial score (nSPS) is 15.8. The molecule has 0 bridgehead atoms. The van der Waals surface area contributed by atoms with Crippen molar-refractivity contribution in [2.75, 3.05) is 7.11 Å². The van der Waals surface area contributed by atoms with E-state index in [0.717, 1.165) is 21.3 Å². The highest BCUT2D eigenvalue weighted by Crippen LogP contribution is 2.33. The van der Waals surface area contributed by atoms with Crippen molar-refractivity contribution in [1.29, 1.82) is 0 Å². The topological polar surface area (TPSA) is 59.9 Å². The van der Waals surface area contributed by atoms with Crippen LogP contribution in [0.3, 0.4) is 0 Å². The molecule has 3 aromatic rings. The van der Waals surface area contributed by atoms with Gasteiger partial charge < -0.3 is 14.8 Å². The van der Waals surface area contributed by atoms with Crippen molar-refractivity contribution in [1.82, 2.24) is 5.32 Å². The summed E-state index contributed by atoms with van der Waals surface area (Å²) in [7, 11) is 1.58. The Bertz CT molecular complexity index is 1210. The van der Waals surface area contributed by atoms with Crippen LogP contribution in [0.5, 0.6) is 11.5 Å².